The van der Waals surface area contributed by atoms with Gasteiger partial charge in [-0.05, 0) is 23.1 Å². The van der Waals surface area contributed by atoms with Crippen LogP contribution in [-0.4, -0.2) is 23.7 Å². The number of carboxylic acid groups (broad SMARTS) is 1. The lowest BCUT2D eigenvalue weighted by atomic mass is 10.0. The topological polar surface area (TPSA) is 69.6 Å². The van der Waals surface area contributed by atoms with Crippen LogP contribution in [0.25, 0.3) is 0 Å². The van der Waals surface area contributed by atoms with Gasteiger partial charge in [0.05, 0.1) is 5.69 Å². The number of carbonyl (C=O) groups excluding carboxylic acids is 1. The number of hydrogen-bond donors (Lipinski definition) is 2. The van der Waals surface area contributed by atoms with E-state index in [9.17, 15) is 14.7 Å². The molecule has 1 aliphatic heterocycles. The first-order chi connectivity index (χ1) is 9.66. The van der Waals surface area contributed by atoms with Gasteiger partial charge in [-0.3, -0.25) is 9.69 Å². The van der Waals surface area contributed by atoms with E-state index in [0.717, 1.165) is 5.69 Å². The van der Waals surface area contributed by atoms with Crippen molar-refractivity contribution < 1.29 is 14.7 Å². The summed E-state index contributed by atoms with van der Waals surface area (Å²) in [6.07, 6.45) is 0. The normalized spacial score (nSPS) is 16.8. The second-order valence-corrected chi connectivity index (χ2v) is 5.28. The molecule has 6 heteroatoms. The fraction of sp³-hybridized carbons (Fsp3) is 0.143. The molecule has 1 atom stereocenters. The Morgan fingerprint density at radius 2 is 2.10 bits per heavy atom. The number of rotatable bonds is 2. The van der Waals surface area contributed by atoms with Crippen LogP contribution >= 0.6 is 11.3 Å². The van der Waals surface area contributed by atoms with Crippen molar-refractivity contribution in [2.75, 3.05) is 16.8 Å². The van der Waals surface area contributed by atoms with Crippen LogP contribution in [-0.2, 0) is 4.79 Å². The Balaban J connectivity index is 1.88. The van der Waals surface area contributed by atoms with Crippen LogP contribution in [0.4, 0.5) is 16.2 Å². The van der Waals surface area contributed by atoms with Crippen LogP contribution < -0.4 is 10.2 Å². The van der Waals surface area contributed by atoms with E-state index in [4.69, 9.17) is 0 Å². The van der Waals surface area contributed by atoms with Gasteiger partial charge in [-0.25, -0.2) is 4.79 Å². The first-order valence-corrected chi connectivity index (χ1v) is 7.03. The third-order valence-corrected chi connectivity index (χ3v) is 3.97. The standard InChI is InChI=1S/C14H12N2O3S/c17-13(18)11-7-16(12-4-2-1-3-10(11)12)14(19)15-9-5-6-20-8-9/h1-6,8,11H,7H2,(H,15,19)(H,17,18). The fourth-order valence-electron chi connectivity index (χ4n) is 2.34. The Hall–Kier alpha value is -2.34. The van der Waals surface area contributed by atoms with Gasteiger partial charge in [0.1, 0.15) is 5.92 Å². The number of thiophene rings is 1. The van der Waals surface area contributed by atoms with Gasteiger partial charge >= 0.3 is 12.0 Å². The highest BCUT2D eigenvalue weighted by Gasteiger charge is 2.36. The van der Waals surface area contributed by atoms with Crippen molar-refractivity contribution in [2.24, 2.45) is 0 Å². The molecular weight excluding hydrogens is 276 g/mol. The van der Waals surface area contributed by atoms with Gasteiger partial charge < -0.3 is 10.4 Å². The highest BCUT2D eigenvalue weighted by atomic mass is 32.1. The van der Waals surface area contributed by atoms with Crippen LogP contribution in [0.15, 0.2) is 41.1 Å². The number of benzene rings is 1. The number of anilines is 2. The summed E-state index contributed by atoms with van der Waals surface area (Å²) in [5.74, 6) is -1.58. The Labute approximate surface area is 119 Å². The minimum atomic E-state index is -0.914. The number of urea groups is 1. The number of carboxylic acids is 1. The Kier molecular flexibility index (Phi) is 3.15. The van der Waals surface area contributed by atoms with Crippen LogP contribution in [0, 0.1) is 0 Å². The van der Waals surface area contributed by atoms with Crippen molar-refractivity contribution in [3.05, 3.63) is 46.7 Å². The molecule has 0 saturated carbocycles. The summed E-state index contributed by atoms with van der Waals surface area (Å²) >= 11 is 1.49. The van der Waals surface area contributed by atoms with Gasteiger partial charge in [0.2, 0.25) is 0 Å². The third kappa shape index (κ3) is 2.14. The summed E-state index contributed by atoms with van der Waals surface area (Å²) < 4.78 is 0. The van der Waals surface area contributed by atoms with Gasteiger partial charge in [-0.1, -0.05) is 18.2 Å². The third-order valence-electron chi connectivity index (χ3n) is 3.28. The zero-order valence-electron chi connectivity index (χ0n) is 10.4. The van der Waals surface area contributed by atoms with E-state index >= 15 is 0 Å². The number of para-hydroxylation sites is 1. The maximum Gasteiger partial charge on any atom is 0.326 e. The number of nitrogens with one attached hydrogen (secondary N) is 1. The largest absolute Gasteiger partial charge is 0.481 e. The molecule has 20 heavy (non-hydrogen) atoms. The molecule has 0 spiro atoms. The van der Waals surface area contributed by atoms with Crippen molar-refractivity contribution in [1.82, 2.24) is 0 Å². The van der Waals surface area contributed by atoms with Crippen molar-refractivity contribution >= 4 is 34.7 Å². The highest BCUT2D eigenvalue weighted by molar-refractivity contribution is 7.08. The maximum atomic E-state index is 12.3. The molecular formula is C14H12N2O3S. The molecule has 1 aromatic heterocycles. The van der Waals surface area contributed by atoms with E-state index in [2.05, 4.69) is 5.32 Å². The number of aliphatic carboxylic acids is 1. The SMILES string of the molecule is O=C(O)C1CN(C(=O)Nc2ccsc2)c2ccccc21. The lowest BCUT2D eigenvalue weighted by Gasteiger charge is -2.17. The molecule has 102 valence electrons. The second kappa shape index (κ2) is 4.97. The van der Waals surface area contributed by atoms with E-state index < -0.39 is 11.9 Å². The smallest absolute Gasteiger partial charge is 0.326 e. The van der Waals surface area contributed by atoms with Crippen molar-refractivity contribution in [3.8, 4) is 0 Å². The molecule has 0 radical (unpaired) electrons. The monoisotopic (exact) mass is 288 g/mol. The van der Waals surface area contributed by atoms with Crippen molar-refractivity contribution in [2.45, 2.75) is 5.92 Å². The number of hydrogen-bond acceptors (Lipinski definition) is 3. The quantitative estimate of drug-likeness (QED) is 0.892. The van der Waals surface area contributed by atoms with Gasteiger partial charge in [0.25, 0.3) is 0 Å². The molecule has 3 rings (SSSR count). The molecule has 2 heterocycles. The van der Waals surface area contributed by atoms with Crippen molar-refractivity contribution in [3.63, 3.8) is 0 Å². The van der Waals surface area contributed by atoms with Crippen LogP contribution in [0.5, 0.6) is 0 Å². The molecule has 1 aromatic carbocycles. The minimum Gasteiger partial charge on any atom is -0.481 e. The molecule has 1 aliphatic rings. The van der Waals surface area contributed by atoms with Gasteiger partial charge in [-0.2, -0.15) is 11.3 Å². The van der Waals surface area contributed by atoms with Crippen molar-refractivity contribution in [1.29, 1.82) is 0 Å². The molecule has 1 unspecified atom stereocenters. The number of carbonyl (C=O) groups is 2. The maximum absolute atomic E-state index is 12.3. The summed E-state index contributed by atoms with van der Waals surface area (Å²) in [6, 6.07) is 8.61. The van der Waals surface area contributed by atoms with Gasteiger partial charge in [-0.15, -0.1) is 0 Å². The van der Waals surface area contributed by atoms with E-state index in [-0.39, 0.29) is 12.6 Å². The van der Waals surface area contributed by atoms with Gasteiger partial charge in [0.15, 0.2) is 0 Å². The molecule has 0 aliphatic carbocycles. The molecule has 0 fully saturated rings. The summed E-state index contributed by atoms with van der Waals surface area (Å²) in [5, 5.41) is 15.7. The van der Waals surface area contributed by atoms with E-state index in [0.29, 0.717) is 11.3 Å². The number of amides is 2. The van der Waals surface area contributed by atoms with E-state index in [1.807, 2.05) is 10.8 Å². The van der Waals surface area contributed by atoms with Crippen LogP contribution in [0.3, 0.4) is 0 Å². The Morgan fingerprint density at radius 1 is 1.30 bits per heavy atom. The van der Waals surface area contributed by atoms with E-state index in [1.54, 1.807) is 30.3 Å². The second-order valence-electron chi connectivity index (χ2n) is 4.50. The molecule has 5 nitrogen and oxygen atoms in total. The number of fused-ring (bicyclic) bond motifs is 1. The summed E-state index contributed by atoms with van der Waals surface area (Å²) in [7, 11) is 0. The van der Waals surface area contributed by atoms with Gasteiger partial charge in [0, 0.05) is 17.6 Å². The zero-order chi connectivity index (χ0) is 14.1. The molecule has 2 N–H and O–H groups in total. The summed E-state index contributed by atoms with van der Waals surface area (Å²) in [4.78, 5) is 25.0. The predicted molar refractivity (Wildman–Crippen MR) is 77.5 cm³/mol. The summed E-state index contributed by atoms with van der Waals surface area (Å²) in [5.41, 5.74) is 2.06. The van der Waals surface area contributed by atoms with Crippen LogP contribution in [0.1, 0.15) is 11.5 Å². The first-order valence-electron chi connectivity index (χ1n) is 6.09. The lowest BCUT2D eigenvalue weighted by Crippen LogP contribution is -2.34. The average Bonchev–Trinajstić information content (AvgIpc) is 3.05. The number of nitrogens with zero attached hydrogens (tertiary/aromatic N) is 1. The highest BCUT2D eigenvalue weighted by Crippen LogP contribution is 2.36. The molecule has 0 bridgehead atoms. The Bertz CT molecular complexity index is 654. The summed E-state index contributed by atoms with van der Waals surface area (Å²) in [6.45, 7) is 0.157. The predicted octanol–water partition coefficient (Wildman–Crippen LogP) is 2.97. The minimum absolute atomic E-state index is 0.157. The first kappa shape index (κ1) is 12.7. The lowest BCUT2D eigenvalue weighted by molar-refractivity contribution is -0.138. The molecule has 2 amide bonds. The van der Waals surface area contributed by atoms with E-state index in [1.165, 1.54) is 16.2 Å². The van der Waals surface area contributed by atoms with Crippen LogP contribution in [0.2, 0.25) is 0 Å². The Morgan fingerprint density at radius 3 is 2.80 bits per heavy atom. The fourth-order valence-corrected chi connectivity index (χ4v) is 2.93. The molecule has 2 aromatic rings. The molecule has 0 saturated heterocycles. The zero-order valence-corrected chi connectivity index (χ0v) is 11.3. The average molecular weight is 288 g/mol.